The Bertz CT molecular complexity index is 1950. The summed E-state index contributed by atoms with van der Waals surface area (Å²) in [7, 11) is 0. The van der Waals surface area contributed by atoms with Crippen LogP contribution in [0.25, 0.3) is 5.69 Å². The third-order valence-corrected chi connectivity index (χ3v) is 9.62. The van der Waals surface area contributed by atoms with Gasteiger partial charge in [0, 0.05) is 49.9 Å². The molecule has 4 aromatic rings. The van der Waals surface area contributed by atoms with Crippen LogP contribution in [0.1, 0.15) is 94.8 Å². The van der Waals surface area contributed by atoms with Crippen molar-refractivity contribution in [3.63, 3.8) is 0 Å². The number of carbonyl (C=O) groups is 1. The molecule has 4 N–H and O–H groups in total. The Morgan fingerprint density at radius 3 is 2.45 bits per heavy atom. The summed E-state index contributed by atoms with van der Waals surface area (Å²) in [6.07, 6.45) is 2.47. The monoisotopic (exact) mass is 698 g/mol. The lowest BCUT2D eigenvalue weighted by molar-refractivity contribution is -0.0566. The molecular formula is C39H48F2N8O2. The van der Waals surface area contributed by atoms with E-state index in [4.69, 9.17) is 20.7 Å². The van der Waals surface area contributed by atoms with Gasteiger partial charge in [-0.15, -0.1) is 0 Å². The van der Waals surface area contributed by atoms with Crippen LogP contribution in [-0.2, 0) is 12.0 Å². The minimum Gasteiger partial charge on any atom is -0.484 e. The maximum atomic E-state index is 13.7. The minimum absolute atomic E-state index is 0.0449. The number of anilines is 1. The first-order chi connectivity index (χ1) is 24.2. The highest BCUT2D eigenvalue weighted by Gasteiger charge is 2.34. The van der Waals surface area contributed by atoms with Gasteiger partial charge < -0.3 is 10.1 Å². The number of fused-ring (bicyclic) bond motifs is 1. The molecule has 3 heterocycles. The zero-order chi connectivity index (χ0) is 36.5. The number of rotatable bonds is 8. The van der Waals surface area contributed by atoms with Crippen molar-refractivity contribution in [3.8, 4) is 11.4 Å². The van der Waals surface area contributed by atoms with Crippen LogP contribution >= 0.6 is 0 Å². The Kier molecular flexibility index (Phi) is 10.2. The summed E-state index contributed by atoms with van der Waals surface area (Å²) >= 11 is 0. The highest BCUT2D eigenvalue weighted by atomic mass is 19.3. The van der Waals surface area contributed by atoms with E-state index < -0.39 is 5.92 Å². The van der Waals surface area contributed by atoms with Crippen LogP contribution < -0.4 is 20.9 Å². The topological polar surface area (TPSA) is 124 Å². The van der Waals surface area contributed by atoms with Gasteiger partial charge in [-0.3, -0.25) is 25.6 Å². The van der Waals surface area contributed by atoms with Crippen molar-refractivity contribution in [2.45, 2.75) is 90.3 Å². The molecule has 2 amide bonds. The van der Waals surface area contributed by atoms with E-state index in [1.54, 1.807) is 23.0 Å². The van der Waals surface area contributed by atoms with Gasteiger partial charge in [-0.1, -0.05) is 71.0 Å². The molecular weight excluding hydrogens is 650 g/mol. The molecule has 0 spiro atoms. The van der Waals surface area contributed by atoms with Crippen molar-refractivity contribution < 1.29 is 18.3 Å². The zero-order valence-corrected chi connectivity index (χ0v) is 30.0. The van der Waals surface area contributed by atoms with E-state index >= 15 is 0 Å². The molecule has 1 saturated heterocycles. The maximum Gasteiger partial charge on any atom is 0.320 e. The fourth-order valence-electron chi connectivity index (χ4n) is 6.64. The molecule has 2 aromatic heterocycles. The number of nitrogens with one attached hydrogen (secondary N) is 4. The molecule has 51 heavy (non-hydrogen) atoms. The van der Waals surface area contributed by atoms with Gasteiger partial charge in [0.2, 0.25) is 0 Å². The number of hydrogen-bond donors (Lipinski definition) is 4. The normalized spacial score (nSPS) is 19.0. The van der Waals surface area contributed by atoms with E-state index in [9.17, 15) is 13.6 Å². The molecule has 2 aromatic carbocycles. The highest BCUT2D eigenvalue weighted by molar-refractivity contribution is 5.89. The predicted octanol–water partition coefficient (Wildman–Crippen LogP) is 7.94. The quantitative estimate of drug-likeness (QED) is 0.110. The van der Waals surface area contributed by atoms with Crippen molar-refractivity contribution in [2.24, 2.45) is 5.92 Å². The predicted molar refractivity (Wildman–Crippen MR) is 194 cm³/mol. The van der Waals surface area contributed by atoms with Crippen LogP contribution in [0.15, 0.2) is 72.9 Å². The minimum atomic E-state index is -2.59. The van der Waals surface area contributed by atoms with Crippen molar-refractivity contribution >= 4 is 17.7 Å². The third-order valence-electron chi connectivity index (χ3n) is 9.62. The molecule has 0 bridgehead atoms. The van der Waals surface area contributed by atoms with Gasteiger partial charge in [-0.25, -0.2) is 18.3 Å². The van der Waals surface area contributed by atoms with Crippen molar-refractivity contribution in [3.05, 3.63) is 101 Å². The number of hydrogen-bond acceptors (Lipinski definition) is 6. The number of halogens is 2. The van der Waals surface area contributed by atoms with E-state index in [0.717, 1.165) is 28.1 Å². The number of urea groups is 1. The average molecular weight is 699 g/mol. The maximum absolute atomic E-state index is 13.7. The number of aromatic nitrogens is 3. The van der Waals surface area contributed by atoms with E-state index in [1.165, 1.54) is 4.57 Å². The first-order valence-electron chi connectivity index (χ1n) is 17.7. The number of likely N-dealkylation sites (tertiary alicyclic amines) is 1. The van der Waals surface area contributed by atoms with E-state index in [1.807, 2.05) is 73.3 Å². The summed E-state index contributed by atoms with van der Waals surface area (Å²) in [5, 5.41) is 27.8. The summed E-state index contributed by atoms with van der Waals surface area (Å²) in [5.74, 6) is -1.22. The highest BCUT2D eigenvalue weighted by Crippen LogP contribution is 2.39. The van der Waals surface area contributed by atoms with Gasteiger partial charge in [0.1, 0.15) is 29.0 Å². The van der Waals surface area contributed by atoms with Crippen LogP contribution in [0.4, 0.5) is 19.4 Å². The number of ether oxygens (including phenoxy) is 1. The average Bonchev–Trinajstić information content (AvgIpc) is 3.52. The Morgan fingerprint density at radius 2 is 1.75 bits per heavy atom. The fraction of sp³-hybridized carbons (Fsp3) is 0.436. The molecule has 0 radical (unpaired) electrons. The lowest BCUT2D eigenvalue weighted by Crippen LogP contribution is -2.38. The Morgan fingerprint density at radius 1 is 1.02 bits per heavy atom. The molecule has 0 saturated carbocycles. The number of piperidine rings is 1. The summed E-state index contributed by atoms with van der Waals surface area (Å²) in [4.78, 5) is 15.7. The van der Waals surface area contributed by atoms with Gasteiger partial charge in [0.25, 0.3) is 5.92 Å². The number of alkyl halides is 2. The van der Waals surface area contributed by atoms with Crippen LogP contribution in [0.5, 0.6) is 5.75 Å². The van der Waals surface area contributed by atoms with Crippen LogP contribution in [0.3, 0.4) is 0 Å². The first-order valence-corrected chi connectivity index (χ1v) is 17.7. The summed E-state index contributed by atoms with van der Waals surface area (Å²) < 4.78 is 37.2. The van der Waals surface area contributed by atoms with E-state index in [2.05, 4.69) is 31.4 Å². The number of pyridine rings is 1. The van der Waals surface area contributed by atoms with Crippen molar-refractivity contribution in [1.82, 2.24) is 24.6 Å². The van der Waals surface area contributed by atoms with E-state index in [-0.39, 0.29) is 47.8 Å². The van der Waals surface area contributed by atoms with Crippen LogP contribution in [0.2, 0.25) is 0 Å². The van der Waals surface area contributed by atoms with Crippen LogP contribution in [-0.4, -0.2) is 50.1 Å². The molecule has 10 nitrogen and oxygen atoms in total. The molecule has 1 aliphatic heterocycles. The zero-order valence-electron chi connectivity index (χ0n) is 30.0. The van der Waals surface area contributed by atoms with Gasteiger partial charge in [-0.05, 0) is 53.8 Å². The SMILES string of the molecule is CC(C)C(=N)n1cc(OC2CCC(NC(=O)Nc3cc(C(C)(C)C)nn3-c3cccc(CN4CCC(F)(F)CC4)c3)c3ccccc32)ccc1=N. The third kappa shape index (κ3) is 8.39. The number of benzene rings is 2. The Labute approximate surface area is 297 Å². The van der Waals surface area contributed by atoms with Gasteiger partial charge >= 0.3 is 6.03 Å². The molecule has 1 fully saturated rings. The largest absolute Gasteiger partial charge is 0.484 e. The van der Waals surface area contributed by atoms with Crippen molar-refractivity contribution in [1.29, 1.82) is 10.8 Å². The second-order valence-corrected chi connectivity index (χ2v) is 15.0. The molecule has 270 valence electrons. The van der Waals surface area contributed by atoms with Gasteiger partial charge in [0.05, 0.1) is 23.6 Å². The standard InChI is InChI=1S/C39H48F2N8O2/c1-25(2)36(43)48-24-28(13-16-34(48)42)51-32-15-14-31(29-11-6-7-12-30(29)32)44-37(50)45-35-22-33(38(3,4)5)46-49(35)27-10-8-9-26(21-27)23-47-19-17-39(40,41)18-20-47/h6-13,16,21-22,24-25,31-32,42-43H,14-15,17-20,23H2,1-5H3,(H2,44,45,50). The van der Waals surface area contributed by atoms with Crippen LogP contribution in [0, 0.1) is 16.7 Å². The first kappa shape index (κ1) is 36.0. The second kappa shape index (κ2) is 14.4. The molecule has 1 aliphatic carbocycles. The second-order valence-electron chi connectivity index (χ2n) is 15.0. The molecule has 6 rings (SSSR count). The lowest BCUT2D eigenvalue weighted by Gasteiger charge is -2.32. The lowest BCUT2D eigenvalue weighted by atomic mass is 9.85. The number of amides is 2. The number of carbonyl (C=O) groups excluding carboxylic acids is 1. The summed E-state index contributed by atoms with van der Waals surface area (Å²) in [6.45, 7) is 11.3. The van der Waals surface area contributed by atoms with Gasteiger partial charge in [-0.2, -0.15) is 5.10 Å². The van der Waals surface area contributed by atoms with Gasteiger partial charge in [0.15, 0.2) is 0 Å². The smallest absolute Gasteiger partial charge is 0.320 e. The molecule has 2 unspecified atom stereocenters. The fourth-order valence-corrected chi connectivity index (χ4v) is 6.64. The molecule has 2 aliphatic rings. The van der Waals surface area contributed by atoms with Crippen molar-refractivity contribution in [2.75, 3.05) is 18.4 Å². The van der Waals surface area contributed by atoms with E-state index in [0.29, 0.717) is 49.9 Å². The molecule has 12 heteroatoms. The summed E-state index contributed by atoms with van der Waals surface area (Å²) in [5.41, 5.74) is 4.46. The Hall–Kier alpha value is -4.84. The summed E-state index contributed by atoms with van der Waals surface area (Å²) in [6, 6.07) is 20.5. The number of nitrogens with zero attached hydrogens (tertiary/aromatic N) is 4. The Balaban J connectivity index is 1.18. The molecule has 2 atom stereocenters.